The van der Waals surface area contributed by atoms with Gasteiger partial charge in [-0.2, -0.15) is 4.68 Å². The Balaban J connectivity index is 1.34. The molecule has 6 rings (SSSR count). The Bertz CT molecular complexity index is 1940. The molecule has 0 aliphatic rings. The molecule has 0 fully saturated rings. The van der Waals surface area contributed by atoms with E-state index in [0.29, 0.717) is 28.6 Å². The average molecular weight is 587 g/mol. The van der Waals surface area contributed by atoms with Crippen molar-refractivity contribution < 1.29 is 9.53 Å². The molecular formula is C33H26N6O3S. The number of carbonyl (C=O) groups is 1. The number of thiazole rings is 1. The Morgan fingerprint density at radius 1 is 0.884 bits per heavy atom. The number of azo groups is 1. The molecule has 6 aromatic rings. The molecule has 0 saturated heterocycles. The smallest absolute Gasteiger partial charge is 0.301 e. The van der Waals surface area contributed by atoms with E-state index in [0.717, 1.165) is 28.1 Å². The molecule has 2 aromatic heterocycles. The highest BCUT2D eigenvalue weighted by Crippen LogP contribution is 2.31. The molecule has 43 heavy (non-hydrogen) atoms. The number of benzene rings is 4. The topological polar surface area (TPSA) is 114 Å². The fraction of sp³-hybridized carbons (Fsp3) is 0.0606. The highest BCUT2D eigenvalue weighted by atomic mass is 32.1. The highest BCUT2D eigenvalue weighted by Gasteiger charge is 2.20. The summed E-state index contributed by atoms with van der Waals surface area (Å²) < 4.78 is 6.62. The molecule has 1 amide bonds. The number of ether oxygens (including phenoxy) is 1. The molecule has 0 spiro atoms. The lowest BCUT2D eigenvalue weighted by atomic mass is 10.1. The van der Waals surface area contributed by atoms with Crippen LogP contribution in [0, 0.1) is 0 Å². The van der Waals surface area contributed by atoms with E-state index in [2.05, 4.69) is 20.6 Å². The quantitative estimate of drug-likeness (QED) is 0.173. The molecule has 212 valence electrons. The van der Waals surface area contributed by atoms with Gasteiger partial charge in [0.05, 0.1) is 29.7 Å². The Hall–Kier alpha value is -5.61. The van der Waals surface area contributed by atoms with E-state index < -0.39 is 5.56 Å². The first kappa shape index (κ1) is 27.6. The summed E-state index contributed by atoms with van der Waals surface area (Å²) in [4.78, 5) is 31.5. The summed E-state index contributed by atoms with van der Waals surface area (Å²) in [5.41, 5.74) is 4.23. The van der Waals surface area contributed by atoms with Gasteiger partial charge in [-0.15, -0.1) is 21.6 Å². The van der Waals surface area contributed by atoms with Gasteiger partial charge in [-0.3, -0.25) is 14.7 Å². The standard InChI is InChI=1S/C33H26N6O3S/c1-42-25-18-16-23(17-19-25)28-21-43-33(35-28)39-32(41)30(29(38-39)24-12-6-3-7-13-24)37-36-27-15-9-8-14-26(27)31(40)34-20-22-10-4-2-5-11-22/h2-19,21,38H,20H2,1H3,(H,34,40). The van der Waals surface area contributed by atoms with Gasteiger partial charge in [0, 0.05) is 23.1 Å². The van der Waals surface area contributed by atoms with Crippen LogP contribution in [0.1, 0.15) is 15.9 Å². The van der Waals surface area contributed by atoms with Crippen molar-refractivity contribution in [3.05, 3.63) is 136 Å². The van der Waals surface area contributed by atoms with E-state index in [1.807, 2.05) is 90.3 Å². The van der Waals surface area contributed by atoms with Crippen LogP contribution >= 0.6 is 11.3 Å². The van der Waals surface area contributed by atoms with E-state index in [9.17, 15) is 9.59 Å². The number of hydrogen-bond donors (Lipinski definition) is 2. The van der Waals surface area contributed by atoms with E-state index >= 15 is 0 Å². The van der Waals surface area contributed by atoms with Crippen LogP contribution in [0.3, 0.4) is 0 Å². The first-order valence-corrected chi connectivity index (χ1v) is 14.3. The van der Waals surface area contributed by atoms with E-state index in [1.165, 1.54) is 16.0 Å². The average Bonchev–Trinajstić information content (AvgIpc) is 3.68. The Morgan fingerprint density at radius 3 is 2.33 bits per heavy atom. The Kier molecular flexibility index (Phi) is 8.01. The van der Waals surface area contributed by atoms with Gasteiger partial charge in [0.1, 0.15) is 5.75 Å². The number of nitrogens with one attached hydrogen (secondary N) is 2. The van der Waals surface area contributed by atoms with Crippen LogP contribution < -0.4 is 15.6 Å². The van der Waals surface area contributed by atoms with Crippen LogP contribution in [-0.4, -0.2) is 27.8 Å². The van der Waals surface area contributed by atoms with Crippen LogP contribution in [0.5, 0.6) is 5.75 Å². The maximum absolute atomic E-state index is 13.7. The second-order valence-electron chi connectivity index (χ2n) is 9.47. The van der Waals surface area contributed by atoms with Gasteiger partial charge in [-0.05, 0) is 42.0 Å². The van der Waals surface area contributed by atoms with Crippen molar-refractivity contribution in [2.45, 2.75) is 6.54 Å². The van der Waals surface area contributed by atoms with Gasteiger partial charge in [0.15, 0.2) is 5.69 Å². The summed E-state index contributed by atoms with van der Waals surface area (Å²) in [5.74, 6) is 0.458. The predicted molar refractivity (Wildman–Crippen MR) is 168 cm³/mol. The first-order chi connectivity index (χ1) is 21.1. The van der Waals surface area contributed by atoms with E-state index in [-0.39, 0.29) is 11.6 Å². The Labute approximate surface area is 251 Å². The minimum Gasteiger partial charge on any atom is -0.497 e. The third-order valence-corrected chi connectivity index (χ3v) is 7.53. The van der Waals surface area contributed by atoms with Crippen LogP contribution in [-0.2, 0) is 6.54 Å². The first-order valence-electron chi connectivity index (χ1n) is 13.4. The molecular weight excluding hydrogens is 560 g/mol. The number of hydrogen-bond acceptors (Lipinski definition) is 7. The molecule has 0 unspecified atom stereocenters. The molecule has 9 nitrogen and oxygen atoms in total. The number of nitrogens with zero attached hydrogens (tertiary/aromatic N) is 4. The molecule has 0 bridgehead atoms. The molecule has 0 atom stereocenters. The Morgan fingerprint density at radius 2 is 1.58 bits per heavy atom. The summed E-state index contributed by atoms with van der Waals surface area (Å²) in [6, 6.07) is 33.5. The SMILES string of the molecule is COc1ccc(-c2csc(-n3[nH]c(-c4ccccc4)c(N=Nc4ccccc4C(=O)NCc4ccccc4)c3=O)n2)cc1. The van der Waals surface area contributed by atoms with Gasteiger partial charge in [0.25, 0.3) is 5.91 Å². The number of aromatic nitrogens is 3. The van der Waals surface area contributed by atoms with Crippen LogP contribution in [0.15, 0.2) is 130 Å². The zero-order valence-electron chi connectivity index (χ0n) is 23.1. The third kappa shape index (κ3) is 6.04. The van der Waals surface area contributed by atoms with E-state index in [4.69, 9.17) is 9.72 Å². The summed E-state index contributed by atoms with van der Waals surface area (Å²) in [5, 5.41) is 17.2. The number of aromatic amines is 1. The van der Waals surface area contributed by atoms with Crippen molar-refractivity contribution in [2.75, 3.05) is 7.11 Å². The van der Waals surface area contributed by atoms with Gasteiger partial charge in [-0.1, -0.05) is 72.8 Å². The minimum absolute atomic E-state index is 0.104. The molecule has 2 N–H and O–H groups in total. The second-order valence-corrected chi connectivity index (χ2v) is 10.3. The number of methoxy groups -OCH3 is 1. The fourth-order valence-corrected chi connectivity index (χ4v) is 5.24. The lowest BCUT2D eigenvalue weighted by Gasteiger charge is -2.07. The monoisotopic (exact) mass is 586 g/mol. The maximum Gasteiger partial charge on any atom is 0.301 e. The zero-order chi connectivity index (χ0) is 29.6. The van der Waals surface area contributed by atoms with Crippen molar-refractivity contribution in [3.8, 4) is 33.4 Å². The van der Waals surface area contributed by atoms with Crippen molar-refractivity contribution in [1.29, 1.82) is 0 Å². The van der Waals surface area contributed by atoms with E-state index in [1.54, 1.807) is 31.4 Å². The van der Waals surface area contributed by atoms with Gasteiger partial charge >= 0.3 is 5.56 Å². The van der Waals surface area contributed by atoms with Crippen molar-refractivity contribution in [3.63, 3.8) is 0 Å². The lowest BCUT2D eigenvalue weighted by Crippen LogP contribution is -2.22. The molecule has 4 aromatic carbocycles. The van der Waals surface area contributed by atoms with Crippen molar-refractivity contribution >= 4 is 28.6 Å². The number of amides is 1. The summed E-state index contributed by atoms with van der Waals surface area (Å²) >= 11 is 1.33. The second kappa shape index (κ2) is 12.5. The fourth-order valence-electron chi connectivity index (χ4n) is 4.45. The zero-order valence-corrected chi connectivity index (χ0v) is 23.9. The number of carbonyl (C=O) groups excluding carboxylic acids is 1. The molecule has 2 heterocycles. The molecule has 0 aliphatic carbocycles. The van der Waals surface area contributed by atoms with Gasteiger partial charge in [-0.25, -0.2) is 4.98 Å². The summed E-state index contributed by atoms with van der Waals surface area (Å²) in [6.45, 7) is 0.373. The maximum atomic E-state index is 13.7. The number of rotatable bonds is 9. The van der Waals surface area contributed by atoms with Gasteiger partial charge < -0.3 is 10.1 Å². The summed E-state index contributed by atoms with van der Waals surface area (Å²) in [7, 11) is 1.62. The summed E-state index contributed by atoms with van der Waals surface area (Å²) in [6.07, 6.45) is 0. The molecule has 0 saturated carbocycles. The molecule has 0 radical (unpaired) electrons. The largest absolute Gasteiger partial charge is 0.497 e. The highest BCUT2D eigenvalue weighted by molar-refractivity contribution is 7.12. The molecule has 0 aliphatic heterocycles. The minimum atomic E-state index is -0.413. The normalized spacial score (nSPS) is 11.1. The van der Waals surface area contributed by atoms with Gasteiger partial charge in [0.2, 0.25) is 5.13 Å². The molecule has 10 heteroatoms. The van der Waals surface area contributed by atoms with Crippen LogP contribution in [0.2, 0.25) is 0 Å². The predicted octanol–water partition coefficient (Wildman–Crippen LogP) is 7.31. The van der Waals surface area contributed by atoms with Crippen molar-refractivity contribution in [1.82, 2.24) is 20.1 Å². The van der Waals surface area contributed by atoms with Crippen LogP contribution in [0.4, 0.5) is 11.4 Å². The lowest BCUT2D eigenvalue weighted by molar-refractivity contribution is 0.0951. The number of H-pyrrole nitrogens is 1. The third-order valence-electron chi connectivity index (χ3n) is 6.70. The van der Waals surface area contributed by atoms with Crippen molar-refractivity contribution in [2.24, 2.45) is 10.2 Å². The van der Waals surface area contributed by atoms with Crippen LogP contribution in [0.25, 0.3) is 27.6 Å².